The van der Waals surface area contributed by atoms with Crippen molar-refractivity contribution in [2.75, 3.05) is 33.3 Å². The van der Waals surface area contributed by atoms with Crippen LogP contribution in [-0.2, 0) is 0 Å². The predicted molar refractivity (Wildman–Crippen MR) is 114 cm³/mol. The van der Waals surface area contributed by atoms with Crippen LogP contribution < -0.4 is 10.1 Å². The molecule has 4 rings (SSSR count). The number of rotatable bonds is 7. The molecule has 0 saturated carbocycles. The highest BCUT2D eigenvalue weighted by molar-refractivity contribution is 5.94. The van der Waals surface area contributed by atoms with Crippen molar-refractivity contribution < 1.29 is 9.53 Å². The van der Waals surface area contributed by atoms with Gasteiger partial charge in [0, 0.05) is 18.7 Å². The van der Waals surface area contributed by atoms with Crippen molar-refractivity contribution in [3.63, 3.8) is 0 Å². The van der Waals surface area contributed by atoms with E-state index in [0.717, 1.165) is 42.3 Å². The van der Waals surface area contributed by atoms with Crippen LogP contribution in [0.15, 0.2) is 60.7 Å². The molecule has 1 fully saturated rings. The van der Waals surface area contributed by atoms with E-state index in [2.05, 4.69) is 10.2 Å². The van der Waals surface area contributed by atoms with E-state index in [9.17, 15) is 4.79 Å². The Balaban J connectivity index is 1.58. The maximum Gasteiger partial charge on any atom is 0.270 e. The van der Waals surface area contributed by atoms with Gasteiger partial charge in [-0.25, -0.2) is 4.68 Å². The first-order valence-corrected chi connectivity index (χ1v) is 10.0. The number of ether oxygens (including phenoxy) is 1. The van der Waals surface area contributed by atoms with E-state index in [1.807, 2.05) is 60.7 Å². The van der Waals surface area contributed by atoms with Crippen molar-refractivity contribution in [3.05, 3.63) is 66.4 Å². The van der Waals surface area contributed by atoms with Gasteiger partial charge in [0.1, 0.15) is 11.4 Å². The maximum atomic E-state index is 12.9. The topological polar surface area (TPSA) is 59.4 Å². The number of nitrogens with one attached hydrogen (secondary N) is 1. The van der Waals surface area contributed by atoms with Gasteiger partial charge in [0.25, 0.3) is 5.91 Å². The van der Waals surface area contributed by atoms with Crippen molar-refractivity contribution in [3.8, 4) is 22.7 Å². The molecule has 0 radical (unpaired) electrons. The van der Waals surface area contributed by atoms with Crippen LogP contribution in [0.1, 0.15) is 23.3 Å². The number of aromatic nitrogens is 2. The van der Waals surface area contributed by atoms with Gasteiger partial charge in [-0.05, 0) is 68.4 Å². The standard InChI is InChI=1S/C23H26N4O2/c1-29-20-11-9-18(10-12-20)21-17-22(27(25-21)19-7-3-2-4-8-19)23(28)24-13-16-26-14-5-6-15-26/h2-4,7-12,17H,5-6,13-16H2,1H3,(H,24,28). The van der Waals surface area contributed by atoms with Gasteiger partial charge in [-0.2, -0.15) is 5.10 Å². The lowest BCUT2D eigenvalue weighted by Gasteiger charge is -2.15. The summed E-state index contributed by atoms with van der Waals surface area (Å²) in [7, 11) is 1.64. The monoisotopic (exact) mass is 390 g/mol. The van der Waals surface area contributed by atoms with Gasteiger partial charge in [0.05, 0.1) is 18.5 Å². The summed E-state index contributed by atoms with van der Waals surface area (Å²) in [5.74, 6) is 0.677. The van der Waals surface area contributed by atoms with Gasteiger partial charge in [-0.3, -0.25) is 4.79 Å². The van der Waals surface area contributed by atoms with E-state index in [0.29, 0.717) is 12.2 Å². The number of nitrogens with zero attached hydrogens (tertiary/aromatic N) is 3. The Hall–Kier alpha value is -3.12. The normalized spacial score (nSPS) is 14.1. The molecule has 1 amide bonds. The SMILES string of the molecule is COc1ccc(-c2cc(C(=O)NCCN3CCCC3)n(-c3ccccc3)n2)cc1. The molecule has 2 aromatic carbocycles. The first-order valence-electron chi connectivity index (χ1n) is 10.0. The fourth-order valence-electron chi connectivity index (χ4n) is 3.64. The van der Waals surface area contributed by atoms with Gasteiger partial charge < -0.3 is 15.0 Å². The maximum absolute atomic E-state index is 12.9. The van der Waals surface area contributed by atoms with Crippen LogP contribution in [0, 0.1) is 0 Å². The van der Waals surface area contributed by atoms with Crippen LogP contribution >= 0.6 is 0 Å². The highest BCUT2D eigenvalue weighted by atomic mass is 16.5. The molecule has 0 unspecified atom stereocenters. The van der Waals surface area contributed by atoms with E-state index < -0.39 is 0 Å². The van der Waals surface area contributed by atoms with Crippen LogP contribution in [0.2, 0.25) is 0 Å². The summed E-state index contributed by atoms with van der Waals surface area (Å²) < 4.78 is 6.95. The Kier molecular flexibility index (Phi) is 5.91. The number of hydrogen-bond donors (Lipinski definition) is 1. The zero-order chi connectivity index (χ0) is 20.1. The fourth-order valence-corrected chi connectivity index (χ4v) is 3.64. The molecule has 2 heterocycles. The predicted octanol–water partition coefficient (Wildman–Crippen LogP) is 3.37. The van der Waals surface area contributed by atoms with Crippen molar-refractivity contribution >= 4 is 5.91 Å². The van der Waals surface area contributed by atoms with Crippen molar-refractivity contribution in [1.29, 1.82) is 0 Å². The molecule has 1 aliphatic rings. The second kappa shape index (κ2) is 8.92. The Morgan fingerprint density at radius 3 is 2.48 bits per heavy atom. The lowest BCUT2D eigenvalue weighted by atomic mass is 10.1. The summed E-state index contributed by atoms with van der Waals surface area (Å²) >= 11 is 0. The molecule has 6 heteroatoms. The van der Waals surface area contributed by atoms with Crippen molar-refractivity contribution in [2.45, 2.75) is 12.8 Å². The molecule has 150 valence electrons. The van der Waals surface area contributed by atoms with Crippen LogP contribution in [0.3, 0.4) is 0 Å². The van der Waals surface area contributed by atoms with E-state index in [1.54, 1.807) is 11.8 Å². The molecule has 1 saturated heterocycles. The lowest BCUT2D eigenvalue weighted by Crippen LogP contribution is -2.34. The average Bonchev–Trinajstić information content (AvgIpc) is 3.45. The molecule has 1 aliphatic heterocycles. The van der Waals surface area contributed by atoms with E-state index in [-0.39, 0.29) is 5.91 Å². The average molecular weight is 390 g/mol. The molecule has 3 aromatic rings. The Bertz CT molecular complexity index is 945. The minimum absolute atomic E-state index is 0.111. The third kappa shape index (κ3) is 4.49. The molecule has 0 spiro atoms. The Morgan fingerprint density at radius 1 is 1.07 bits per heavy atom. The smallest absolute Gasteiger partial charge is 0.270 e. The lowest BCUT2D eigenvalue weighted by molar-refractivity contribution is 0.0942. The molecule has 1 aromatic heterocycles. The largest absolute Gasteiger partial charge is 0.497 e. The molecule has 29 heavy (non-hydrogen) atoms. The number of hydrogen-bond acceptors (Lipinski definition) is 4. The van der Waals surface area contributed by atoms with Gasteiger partial charge in [0.2, 0.25) is 0 Å². The third-order valence-corrected chi connectivity index (χ3v) is 5.24. The molecule has 1 N–H and O–H groups in total. The summed E-state index contributed by atoms with van der Waals surface area (Å²) in [5, 5.41) is 7.78. The summed E-state index contributed by atoms with van der Waals surface area (Å²) in [6, 6.07) is 19.3. The molecule has 6 nitrogen and oxygen atoms in total. The molecular weight excluding hydrogens is 364 g/mol. The number of methoxy groups -OCH3 is 1. The second-order valence-electron chi connectivity index (χ2n) is 7.20. The number of amides is 1. The minimum Gasteiger partial charge on any atom is -0.497 e. The number of benzene rings is 2. The summed E-state index contributed by atoms with van der Waals surface area (Å²) in [6.07, 6.45) is 2.50. The Morgan fingerprint density at radius 2 is 1.79 bits per heavy atom. The van der Waals surface area contributed by atoms with E-state index in [1.165, 1.54) is 12.8 Å². The summed E-state index contributed by atoms with van der Waals surface area (Å²) in [4.78, 5) is 15.3. The zero-order valence-corrected chi connectivity index (χ0v) is 16.7. The van der Waals surface area contributed by atoms with Gasteiger partial charge in [-0.1, -0.05) is 18.2 Å². The quantitative estimate of drug-likeness (QED) is 0.672. The molecule has 0 aliphatic carbocycles. The van der Waals surface area contributed by atoms with Crippen LogP contribution in [0.5, 0.6) is 5.75 Å². The van der Waals surface area contributed by atoms with Gasteiger partial charge in [0.15, 0.2) is 0 Å². The summed E-state index contributed by atoms with van der Waals surface area (Å²) in [5.41, 5.74) is 3.08. The number of carbonyl (C=O) groups is 1. The Labute approximate surface area is 171 Å². The van der Waals surface area contributed by atoms with E-state index >= 15 is 0 Å². The zero-order valence-electron chi connectivity index (χ0n) is 16.7. The number of para-hydroxylation sites is 1. The first-order chi connectivity index (χ1) is 14.2. The van der Waals surface area contributed by atoms with Gasteiger partial charge >= 0.3 is 0 Å². The first kappa shape index (κ1) is 19.2. The highest BCUT2D eigenvalue weighted by Crippen LogP contribution is 2.24. The third-order valence-electron chi connectivity index (χ3n) is 5.24. The van der Waals surface area contributed by atoms with Crippen molar-refractivity contribution in [2.24, 2.45) is 0 Å². The second-order valence-corrected chi connectivity index (χ2v) is 7.20. The molecular formula is C23H26N4O2. The highest BCUT2D eigenvalue weighted by Gasteiger charge is 2.18. The van der Waals surface area contributed by atoms with Crippen LogP contribution in [-0.4, -0.2) is 53.9 Å². The minimum atomic E-state index is -0.111. The summed E-state index contributed by atoms with van der Waals surface area (Å²) in [6.45, 7) is 3.77. The van der Waals surface area contributed by atoms with Crippen LogP contribution in [0.4, 0.5) is 0 Å². The molecule has 0 bridgehead atoms. The van der Waals surface area contributed by atoms with E-state index in [4.69, 9.17) is 9.84 Å². The van der Waals surface area contributed by atoms with Crippen molar-refractivity contribution in [1.82, 2.24) is 20.0 Å². The van der Waals surface area contributed by atoms with Gasteiger partial charge in [-0.15, -0.1) is 0 Å². The molecule has 0 atom stereocenters. The van der Waals surface area contributed by atoms with Crippen LogP contribution in [0.25, 0.3) is 16.9 Å². The fraction of sp³-hybridized carbons (Fsp3) is 0.304. The number of carbonyl (C=O) groups excluding carboxylic acids is 1. The number of likely N-dealkylation sites (tertiary alicyclic amines) is 1.